The summed E-state index contributed by atoms with van der Waals surface area (Å²) in [5.41, 5.74) is 3.57. The molecular formula is C23H24O4. The van der Waals surface area contributed by atoms with Crippen molar-refractivity contribution in [1.29, 1.82) is 0 Å². The Balaban J connectivity index is 1.67. The highest BCUT2D eigenvalue weighted by molar-refractivity contribution is 5.86. The molecule has 1 atom stereocenters. The standard InChI is InChI=1S/C23H24O4/c1-4-5-15-6-7-17-13-23(25,27-20(17)10-15)18-9-8-16-11-19(14-24)22(2,3)26-21(16)12-18/h6-12,14,25H,4-5,13H2,1-3H3. The molecule has 2 aliphatic rings. The number of benzene rings is 2. The Hall–Kier alpha value is -2.59. The molecule has 140 valence electrons. The van der Waals surface area contributed by atoms with Crippen LogP contribution in [-0.4, -0.2) is 17.0 Å². The van der Waals surface area contributed by atoms with E-state index in [9.17, 15) is 9.90 Å². The van der Waals surface area contributed by atoms with Crippen LogP contribution in [0, 0.1) is 0 Å². The zero-order valence-electron chi connectivity index (χ0n) is 15.9. The average molecular weight is 364 g/mol. The van der Waals surface area contributed by atoms with Crippen molar-refractivity contribution >= 4 is 12.4 Å². The van der Waals surface area contributed by atoms with Gasteiger partial charge in [-0.2, -0.15) is 0 Å². The van der Waals surface area contributed by atoms with Gasteiger partial charge >= 0.3 is 0 Å². The molecule has 0 radical (unpaired) electrons. The number of aldehydes is 1. The van der Waals surface area contributed by atoms with Crippen molar-refractivity contribution in [3.05, 3.63) is 64.2 Å². The monoisotopic (exact) mass is 364 g/mol. The van der Waals surface area contributed by atoms with Crippen LogP contribution in [0.3, 0.4) is 0 Å². The number of carbonyl (C=O) groups excluding carboxylic acids is 1. The number of hydrogen-bond acceptors (Lipinski definition) is 4. The number of rotatable bonds is 4. The third-order valence-corrected chi connectivity index (χ3v) is 5.34. The van der Waals surface area contributed by atoms with Gasteiger partial charge in [-0.25, -0.2) is 0 Å². The number of aryl methyl sites for hydroxylation is 1. The molecule has 0 saturated carbocycles. The summed E-state index contributed by atoms with van der Waals surface area (Å²) in [5, 5.41) is 11.2. The Morgan fingerprint density at radius 3 is 2.67 bits per heavy atom. The molecule has 0 aromatic heterocycles. The summed E-state index contributed by atoms with van der Waals surface area (Å²) in [5.74, 6) is -0.0297. The Morgan fingerprint density at radius 2 is 1.93 bits per heavy atom. The minimum atomic E-state index is -1.41. The molecule has 0 amide bonds. The second-order valence-electron chi connectivity index (χ2n) is 7.84. The molecule has 2 aromatic carbocycles. The summed E-state index contributed by atoms with van der Waals surface area (Å²) in [7, 11) is 0. The van der Waals surface area contributed by atoms with Gasteiger partial charge in [0, 0.05) is 28.7 Å². The first-order valence-electron chi connectivity index (χ1n) is 9.39. The highest BCUT2D eigenvalue weighted by atomic mass is 16.6. The van der Waals surface area contributed by atoms with E-state index in [0.717, 1.165) is 36.0 Å². The largest absolute Gasteiger partial charge is 0.482 e. The van der Waals surface area contributed by atoms with E-state index in [4.69, 9.17) is 9.47 Å². The van der Waals surface area contributed by atoms with Crippen molar-refractivity contribution in [3.8, 4) is 11.5 Å². The smallest absolute Gasteiger partial charge is 0.239 e. The predicted molar refractivity (Wildman–Crippen MR) is 104 cm³/mol. The van der Waals surface area contributed by atoms with E-state index in [1.807, 2.05) is 50.3 Å². The van der Waals surface area contributed by atoms with Crippen LogP contribution < -0.4 is 9.47 Å². The van der Waals surface area contributed by atoms with Gasteiger partial charge in [0.1, 0.15) is 23.4 Å². The lowest BCUT2D eigenvalue weighted by molar-refractivity contribution is -0.129. The first kappa shape index (κ1) is 17.8. The van der Waals surface area contributed by atoms with Gasteiger partial charge in [-0.3, -0.25) is 4.79 Å². The average Bonchev–Trinajstić information content (AvgIpc) is 2.97. The molecule has 0 aliphatic carbocycles. The Morgan fingerprint density at radius 1 is 1.11 bits per heavy atom. The number of hydrogen-bond donors (Lipinski definition) is 1. The summed E-state index contributed by atoms with van der Waals surface area (Å²) in [4.78, 5) is 11.3. The van der Waals surface area contributed by atoms with E-state index < -0.39 is 11.4 Å². The Labute approximate surface area is 159 Å². The van der Waals surface area contributed by atoms with Crippen LogP contribution in [0.1, 0.15) is 49.4 Å². The molecule has 0 saturated heterocycles. The summed E-state index contributed by atoms with van der Waals surface area (Å²) < 4.78 is 12.0. The molecule has 4 heteroatoms. The van der Waals surface area contributed by atoms with E-state index in [0.29, 0.717) is 23.3 Å². The molecule has 1 unspecified atom stereocenters. The van der Waals surface area contributed by atoms with Gasteiger partial charge in [-0.15, -0.1) is 0 Å². The van der Waals surface area contributed by atoms with Crippen LogP contribution in [0.15, 0.2) is 42.0 Å². The number of ether oxygens (including phenoxy) is 2. The minimum Gasteiger partial charge on any atom is -0.482 e. The van der Waals surface area contributed by atoms with Crippen LogP contribution in [-0.2, 0) is 23.4 Å². The van der Waals surface area contributed by atoms with Gasteiger partial charge in [0.05, 0.1) is 0 Å². The lowest BCUT2D eigenvalue weighted by Crippen LogP contribution is -2.35. The second-order valence-corrected chi connectivity index (χ2v) is 7.84. The van der Waals surface area contributed by atoms with E-state index >= 15 is 0 Å². The van der Waals surface area contributed by atoms with Gasteiger partial charge in [-0.05, 0) is 44.0 Å². The van der Waals surface area contributed by atoms with Crippen LogP contribution in [0.2, 0.25) is 0 Å². The number of carbonyl (C=O) groups is 1. The molecule has 0 fully saturated rings. The van der Waals surface area contributed by atoms with E-state index in [1.165, 1.54) is 5.56 Å². The fourth-order valence-corrected chi connectivity index (χ4v) is 3.76. The van der Waals surface area contributed by atoms with Crippen molar-refractivity contribution in [2.24, 2.45) is 0 Å². The van der Waals surface area contributed by atoms with Crippen molar-refractivity contribution in [2.45, 2.75) is 51.4 Å². The molecule has 0 bridgehead atoms. The molecule has 0 spiro atoms. The van der Waals surface area contributed by atoms with Gasteiger partial charge < -0.3 is 14.6 Å². The van der Waals surface area contributed by atoms with Crippen molar-refractivity contribution in [1.82, 2.24) is 0 Å². The molecule has 4 rings (SSSR count). The third kappa shape index (κ3) is 3.04. The van der Waals surface area contributed by atoms with Crippen LogP contribution in [0.25, 0.3) is 6.08 Å². The zero-order chi connectivity index (χ0) is 19.2. The number of fused-ring (bicyclic) bond motifs is 2. The summed E-state index contributed by atoms with van der Waals surface area (Å²) in [6.45, 7) is 5.85. The lowest BCUT2D eigenvalue weighted by Gasteiger charge is -2.32. The third-order valence-electron chi connectivity index (χ3n) is 5.34. The summed E-state index contributed by atoms with van der Waals surface area (Å²) in [6, 6.07) is 11.7. The fourth-order valence-electron chi connectivity index (χ4n) is 3.76. The van der Waals surface area contributed by atoms with Crippen LogP contribution >= 0.6 is 0 Å². The van der Waals surface area contributed by atoms with Crippen LogP contribution in [0.4, 0.5) is 0 Å². The van der Waals surface area contributed by atoms with E-state index in [2.05, 4.69) is 13.0 Å². The first-order valence-corrected chi connectivity index (χ1v) is 9.39. The second kappa shape index (κ2) is 6.24. The van der Waals surface area contributed by atoms with Gasteiger partial charge in [0.2, 0.25) is 5.79 Å². The van der Waals surface area contributed by atoms with Crippen molar-refractivity contribution in [2.75, 3.05) is 0 Å². The molecule has 4 nitrogen and oxygen atoms in total. The van der Waals surface area contributed by atoms with Gasteiger partial charge in [0.25, 0.3) is 0 Å². The van der Waals surface area contributed by atoms with Crippen LogP contribution in [0.5, 0.6) is 11.5 Å². The number of aliphatic hydroxyl groups is 1. The van der Waals surface area contributed by atoms with E-state index in [1.54, 1.807) is 0 Å². The molecule has 2 aliphatic heterocycles. The summed E-state index contributed by atoms with van der Waals surface area (Å²) >= 11 is 0. The fraction of sp³-hybridized carbons (Fsp3) is 0.348. The first-order chi connectivity index (χ1) is 12.8. The van der Waals surface area contributed by atoms with Gasteiger partial charge in [-0.1, -0.05) is 37.6 Å². The predicted octanol–water partition coefficient (Wildman–Crippen LogP) is 4.17. The van der Waals surface area contributed by atoms with Gasteiger partial charge in [0.15, 0.2) is 0 Å². The maximum absolute atomic E-state index is 11.3. The van der Waals surface area contributed by atoms with Crippen molar-refractivity contribution in [3.63, 3.8) is 0 Å². The van der Waals surface area contributed by atoms with E-state index in [-0.39, 0.29) is 0 Å². The molecular weight excluding hydrogens is 340 g/mol. The minimum absolute atomic E-state index is 0.395. The maximum Gasteiger partial charge on any atom is 0.239 e. The summed E-state index contributed by atoms with van der Waals surface area (Å²) in [6.07, 6.45) is 5.11. The Kier molecular flexibility index (Phi) is 4.11. The highest BCUT2D eigenvalue weighted by Gasteiger charge is 2.40. The quantitative estimate of drug-likeness (QED) is 0.827. The zero-order valence-corrected chi connectivity index (χ0v) is 15.9. The topological polar surface area (TPSA) is 55.8 Å². The molecule has 2 aromatic rings. The molecule has 2 heterocycles. The SMILES string of the molecule is CCCc1ccc2c(c1)OC(O)(c1ccc3c(c1)OC(C)(C)C(C=O)=C3)C2. The lowest BCUT2D eigenvalue weighted by atomic mass is 9.91. The molecule has 1 N–H and O–H groups in total. The Bertz CT molecular complexity index is 941. The maximum atomic E-state index is 11.3. The van der Waals surface area contributed by atoms with Crippen molar-refractivity contribution < 1.29 is 19.4 Å². The normalized spacial score (nSPS) is 22.1. The molecule has 27 heavy (non-hydrogen) atoms. The highest BCUT2D eigenvalue weighted by Crippen LogP contribution is 2.43.